The Kier molecular flexibility index (Phi) is 9.87. The molecule has 0 saturated heterocycles. The molecule has 0 aliphatic heterocycles. The predicted molar refractivity (Wildman–Crippen MR) is 87.9 cm³/mol. The fourth-order valence-corrected chi connectivity index (χ4v) is 2.12. The van der Waals surface area contributed by atoms with Crippen molar-refractivity contribution in [1.29, 1.82) is 0 Å². The molecule has 0 aliphatic rings. The molecule has 4 heteroatoms. The highest BCUT2D eigenvalue weighted by molar-refractivity contribution is 5.26. The van der Waals surface area contributed by atoms with Gasteiger partial charge in [-0.05, 0) is 51.1 Å². The van der Waals surface area contributed by atoms with Crippen LogP contribution >= 0.6 is 0 Å². The summed E-state index contributed by atoms with van der Waals surface area (Å²) in [6.07, 6.45) is 2.32. The molecule has 1 aromatic rings. The van der Waals surface area contributed by atoms with Gasteiger partial charge in [0.25, 0.3) is 0 Å². The van der Waals surface area contributed by atoms with Gasteiger partial charge in [0.05, 0.1) is 7.11 Å². The van der Waals surface area contributed by atoms with Crippen molar-refractivity contribution >= 4 is 0 Å². The number of nitrogens with one attached hydrogen (secondary N) is 1. The first kappa shape index (κ1) is 18.0. The zero-order chi connectivity index (χ0) is 15.3. The van der Waals surface area contributed by atoms with Gasteiger partial charge in [-0.2, -0.15) is 0 Å². The number of ether oxygens (including phenoxy) is 2. The van der Waals surface area contributed by atoms with Crippen LogP contribution in [0.3, 0.4) is 0 Å². The van der Waals surface area contributed by atoms with Gasteiger partial charge >= 0.3 is 0 Å². The Hall–Kier alpha value is -1.10. The molecule has 0 aliphatic carbocycles. The van der Waals surface area contributed by atoms with Gasteiger partial charge < -0.3 is 19.7 Å². The van der Waals surface area contributed by atoms with E-state index in [-0.39, 0.29) is 0 Å². The monoisotopic (exact) mass is 294 g/mol. The molecule has 0 fully saturated rings. The molecular weight excluding hydrogens is 264 g/mol. The first-order valence-corrected chi connectivity index (χ1v) is 7.86. The van der Waals surface area contributed by atoms with E-state index >= 15 is 0 Å². The summed E-state index contributed by atoms with van der Waals surface area (Å²) in [4.78, 5) is 2.33. The van der Waals surface area contributed by atoms with Gasteiger partial charge in [-0.15, -0.1) is 0 Å². The van der Waals surface area contributed by atoms with Gasteiger partial charge in [-0.3, -0.25) is 0 Å². The topological polar surface area (TPSA) is 33.7 Å². The molecule has 1 rings (SSSR count). The predicted octanol–water partition coefficient (Wildman–Crippen LogP) is 2.53. The first-order valence-electron chi connectivity index (χ1n) is 7.86. The zero-order valence-electron chi connectivity index (χ0n) is 13.7. The third-order valence-corrected chi connectivity index (χ3v) is 3.38. The summed E-state index contributed by atoms with van der Waals surface area (Å²) in [7, 11) is 3.85. The van der Waals surface area contributed by atoms with Crippen LogP contribution in [0.5, 0.6) is 5.75 Å². The summed E-state index contributed by atoms with van der Waals surface area (Å²) in [6, 6.07) is 8.27. The molecule has 0 unspecified atom stereocenters. The minimum absolute atomic E-state index is 0.823. The Morgan fingerprint density at radius 1 is 1.10 bits per heavy atom. The fourth-order valence-electron chi connectivity index (χ4n) is 2.12. The van der Waals surface area contributed by atoms with E-state index < -0.39 is 0 Å². The lowest BCUT2D eigenvalue weighted by Gasteiger charge is -2.17. The van der Waals surface area contributed by atoms with E-state index in [1.165, 1.54) is 12.0 Å². The molecular formula is C17H30N2O2. The fraction of sp³-hybridized carbons (Fsp3) is 0.647. The van der Waals surface area contributed by atoms with Crippen molar-refractivity contribution in [3.63, 3.8) is 0 Å². The molecule has 4 nitrogen and oxygen atoms in total. The van der Waals surface area contributed by atoms with Crippen LogP contribution in [0.25, 0.3) is 0 Å². The summed E-state index contributed by atoms with van der Waals surface area (Å²) >= 11 is 0. The molecule has 0 saturated carbocycles. The molecule has 0 aromatic heterocycles. The Morgan fingerprint density at radius 2 is 1.86 bits per heavy atom. The van der Waals surface area contributed by atoms with E-state index in [2.05, 4.69) is 29.4 Å². The SMILES string of the molecule is CCOCCCCNCCN(C)Cc1ccc(OC)cc1. The third-order valence-electron chi connectivity index (χ3n) is 3.38. The summed E-state index contributed by atoms with van der Waals surface area (Å²) in [6.45, 7) is 7.87. The van der Waals surface area contributed by atoms with Crippen LogP contribution < -0.4 is 10.1 Å². The number of nitrogens with zero attached hydrogens (tertiary/aromatic N) is 1. The Morgan fingerprint density at radius 3 is 2.52 bits per heavy atom. The second-order valence-corrected chi connectivity index (χ2v) is 5.24. The second kappa shape index (κ2) is 11.5. The van der Waals surface area contributed by atoms with E-state index in [0.717, 1.165) is 51.6 Å². The average Bonchev–Trinajstić information content (AvgIpc) is 2.50. The van der Waals surface area contributed by atoms with Gasteiger partial charge in [0.2, 0.25) is 0 Å². The van der Waals surface area contributed by atoms with Crippen molar-refractivity contribution in [2.75, 3.05) is 47.0 Å². The first-order chi connectivity index (χ1) is 10.3. The van der Waals surface area contributed by atoms with Crippen LogP contribution in [0.1, 0.15) is 25.3 Å². The molecule has 0 radical (unpaired) electrons. The molecule has 1 aromatic carbocycles. The van der Waals surface area contributed by atoms with Crippen LogP contribution in [-0.4, -0.2) is 51.9 Å². The molecule has 0 bridgehead atoms. The van der Waals surface area contributed by atoms with Gasteiger partial charge in [0.1, 0.15) is 5.75 Å². The highest BCUT2D eigenvalue weighted by Gasteiger charge is 2.00. The molecule has 120 valence electrons. The van der Waals surface area contributed by atoms with E-state index in [1.807, 2.05) is 19.1 Å². The molecule has 0 atom stereocenters. The maximum atomic E-state index is 5.32. The Labute approximate surface area is 129 Å². The summed E-state index contributed by atoms with van der Waals surface area (Å²) in [5.74, 6) is 0.912. The van der Waals surface area contributed by atoms with Crippen LogP contribution in [0.2, 0.25) is 0 Å². The normalized spacial score (nSPS) is 11.0. The quantitative estimate of drug-likeness (QED) is 0.601. The van der Waals surface area contributed by atoms with Crippen LogP contribution in [0.15, 0.2) is 24.3 Å². The minimum Gasteiger partial charge on any atom is -0.497 e. The van der Waals surface area contributed by atoms with Crippen molar-refractivity contribution in [3.8, 4) is 5.75 Å². The summed E-state index contributed by atoms with van der Waals surface area (Å²) < 4.78 is 10.5. The number of likely N-dealkylation sites (N-methyl/N-ethyl adjacent to an activating group) is 1. The lowest BCUT2D eigenvalue weighted by Crippen LogP contribution is -2.29. The number of rotatable bonds is 12. The second-order valence-electron chi connectivity index (χ2n) is 5.24. The summed E-state index contributed by atoms with van der Waals surface area (Å²) in [5.41, 5.74) is 1.31. The maximum Gasteiger partial charge on any atom is 0.118 e. The van der Waals surface area contributed by atoms with E-state index in [1.54, 1.807) is 7.11 Å². The van der Waals surface area contributed by atoms with Crippen molar-refractivity contribution in [2.24, 2.45) is 0 Å². The molecule has 0 heterocycles. The minimum atomic E-state index is 0.823. The van der Waals surface area contributed by atoms with Crippen LogP contribution in [0, 0.1) is 0 Å². The van der Waals surface area contributed by atoms with Crippen molar-refractivity contribution in [2.45, 2.75) is 26.3 Å². The molecule has 0 amide bonds. The van der Waals surface area contributed by atoms with Crippen molar-refractivity contribution in [1.82, 2.24) is 10.2 Å². The Balaban J connectivity index is 2.04. The number of benzene rings is 1. The lowest BCUT2D eigenvalue weighted by atomic mass is 10.2. The van der Waals surface area contributed by atoms with Crippen molar-refractivity contribution < 1.29 is 9.47 Å². The molecule has 21 heavy (non-hydrogen) atoms. The van der Waals surface area contributed by atoms with E-state index in [4.69, 9.17) is 9.47 Å². The smallest absolute Gasteiger partial charge is 0.118 e. The number of hydrogen-bond acceptors (Lipinski definition) is 4. The van der Waals surface area contributed by atoms with Gasteiger partial charge in [0.15, 0.2) is 0 Å². The Bertz CT molecular complexity index is 354. The zero-order valence-corrected chi connectivity index (χ0v) is 13.7. The standard InChI is InChI=1S/C17H30N2O2/c1-4-21-14-6-5-11-18-12-13-19(2)15-16-7-9-17(20-3)10-8-16/h7-10,18H,4-6,11-15H2,1-3H3. The number of hydrogen-bond donors (Lipinski definition) is 1. The van der Waals surface area contributed by atoms with E-state index in [0.29, 0.717) is 0 Å². The van der Waals surface area contributed by atoms with E-state index in [9.17, 15) is 0 Å². The third kappa shape index (κ3) is 8.71. The van der Waals surface area contributed by atoms with Gasteiger partial charge in [-0.25, -0.2) is 0 Å². The highest BCUT2D eigenvalue weighted by atomic mass is 16.5. The number of unbranched alkanes of at least 4 members (excludes halogenated alkanes) is 1. The lowest BCUT2D eigenvalue weighted by molar-refractivity contribution is 0.143. The highest BCUT2D eigenvalue weighted by Crippen LogP contribution is 2.12. The maximum absolute atomic E-state index is 5.32. The van der Waals surface area contributed by atoms with Crippen LogP contribution in [-0.2, 0) is 11.3 Å². The van der Waals surface area contributed by atoms with Gasteiger partial charge in [-0.1, -0.05) is 12.1 Å². The van der Waals surface area contributed by atoms with Crippen LogP contribution in [0.4, 0.5) is 0 Å². The largest absolute Gasteiger partial charge is 0.497 e. The molecule has 1 N–H and O–H groups in total. The summed E-state index contributed by atoms with van der Waals surface area (Å²) in [5, 5.41) is 3.48. The van der Waals surface area contributed by atoms with Gasteiger partial charge in [0, 0.05) is 32.8 Å². The van der Waals surface area contributed by atoms with Crippen molar-refractivity contribution in [3.05, 3.63) is 29.8 Å². The average molecular weight is 294 g/mol. The molecule has 0 spiro atoms. The number of methoxy groups -OCH3 is 1.